The first-order chi connectivity index (χ1) is 6.18. The van der Waals surface area contributed by atoms with Gasteiger partial charge >= 0.3 is 0 Å². The molecule has 13 heavy (non-hydrogen) atoms. The van der Waals surface area contributed by atoms with Crippen molar-refractivity contribution >= 4 is 10.9 Å². The number of aryl methyl sites for hydroxylation is 1. The summed E-state index contributed by atoms with van der Waals surface area (Å²) in [6.45, 7) is 2.00. The van der Waals surface area contributed by atoms with Crippen LogP contribution in [0.5, 0.6) is 0 Å². The predicted molar refractivity (Wildman–Crippen MR) is 55.5 cm³/mol. The Kier molecular flexibility index (Phi) is 1.85. The molecular formula is C11H14N2. The molecule has 0 fully saturated rings. The van der Waals surface area contributed by atoms with Crippen LogP contribution < -0.4 is 5.73 Å². The van der Waals surface area contributed by atoms with E-state index in [1.165, 1.54) is 16.5 Å². The third kappa shape index (κ3) is 1.33. The second-order valence-corrected chi connectivity index (χ2v) is 3.53. The molecule has 1 atom stereocenters. The smallest absolute Gasteiger partial charge is 0.0477 e. The minimum absolute atomic E-state index is 0.115. The van der Waals surface area contributed by atoms with Crippen LogP contribution in [0.25, 0.3) is 10.9 Å². The number of benzene rings is 1. The van der Waals surface area contributed by atoms with E-state index in [9.17, 15) is 0 Å². The fourth-order valence-corrected chi connectivity index (χ4v) is 1.58. The summed E-state index contributed by atoms with van der Waals surface area (Å²) >= 11 is 0. The van der Waals surface area contributed by atoms with Gasteiger partial charge in [0.1, 0.15) is 0 Å². The number of hydrogen-bond acceptors (Lipinski definition) is 1. The standard InChI is InChI=1S/C11H14N2/c1-8(12)9-3-4-11-10(7-9)5-6-13(11)2/h3-8H,12H2,1-2H3. The Bertz CT molecular complexity index is 427. The molecule has 1 heterocycles. The first-order valence-electron chi connectivity index (χ1n) is 4.49. The molecule has 0 spiro atoms. The zero-order valence-corrected chi connectivity index (χ0v) is 7.99. The van der Waals surface area contributed by atoms with E-state index in [0.29, 0.717) is 0 Å². The molecule has 0 amide bonds. The van der Waals surface area contributed by atoms with Crippen LogP contribution in [0.3, 0.4) is 0 Å². The maximum Gasteiger partial charge on any atom is 0.0477 e. The lowest BCUT2D eigenvalue weighted by Gasteiger charge is -2.05. The van der Waals surface area contributed by atoms with Crippen LogP contribution in [0.2, 0.25) is 0 Å². The maximum absolute atomic E-state index is 5.80. The van der Waals surface area contributed by atoms with Crippen molar-refractivity contribution in [3.63, 3.8) is 0 Å². The fraction of sp³-hybridized carbons (Fsp3) is 0.273. The second-order valence-electron chi connectivity index (χ2n) is 3.53. The number of nitrogens with two attached hydrogens (primary N) is 1. The lowest BCUT2D eigenvalue weighted by molar-refractivity contribution is 0.819. The summed E-state index contributed by atoms with van der Waals surface area (Å²) in [5.41, 5.74) is 8.25. The number of rotatable bonds is 1. The van der Waals surface area contributed by atoms with E-state index in [0.717, 1.165) is 0 Å². The first-order valence-corrected chi connectivity index (χ1v) is 4.49. The Morgan fingerprint density at radius 3 is 2.77 bits per heavy atom. The summed E-state index contributed by atoms with van der Waals surface area (Å²) in [5.74, 6) is 0. The van der Waals surface area contributed by atoms with E-state index in [1.807, 2.05) is 14.0 Å². The summed E-state index contributed by atoms with van der Waals surface area (Å²) in [7, 11) is 2.05. The highest BCUT2D eigenvalue weighted by Gasteiger charge is 2.02. The van der Waals surface area contributed by atoms with Gasteiger partial charge in [0.05, 0.1) is 0 Å². The Morgan fingerprint density at radius 2 is 2.08 bits per heavy atom. The summed E-state index contributed by atoms with van der Waals surface area (Å²) in [6, 6.07) is 8.59. The van der Waals surface area contributed by atoms with Crippen molar-refractivity contribution in [2.24, 2.45) is 12.8 Å². The largest absolute Gasteiger partial charge is 0.351 e. The van der Waals surface area contributed by atoms with E-state index in [1.54, 1.807) is 0 Å². The Labute approximate surface area is 78.0 Å². The number of nitrogens with zero attached hydrogens (tertiary/aromatic N) is 1. The van der Waals surface area contributed by atoms with Crippen LogP contribution in [-0.2, 0) is 7.05 Å². The molecular weight excluding hydrogens is 160 g/mol. The van der Waals surface area contributed by atoms with Crippen molar-refractivity contribution in [3.8, 4) is 0 Å². The van der Waals surface area contributed by atoms with E-state index in [-0.39, 0.29) is 6.04 Å². The molecule has 2 heteroatoms. The van der Waals surface area contributed by atoms with Crippen molar-refractivity contribution in [2.45, 2.75) is 13.0 Å². The van der Waals surface area contributed by atoms with Gasteiger partial charge in [-0.25, -0.2) is 0 Å². The fourth-order valence-electron chi connectivity index (χ4n) is 1.58. The van der Waals surface area contributed by atoms with Gasteiger partial charge in [-0.3, -0.25) is 0 Å². The number of hydrogen-bond donors (Lipinski definition) is 1. The zero-order valence-electron chi connectivity index (χ0n) is 7.99. The molecule has 0 aliphatic heterocycles. The van der Waals surface area contributed by atoms with Gasteiger partial charge in [-0.15, -0.1) is 0 Å². The van der Waals surface area contributed by atoms with Gasteiger partial charge in [0, 0.05) is 24.8 Å². The molecule has 1 unspecified atom stereocenters. The summed E-state index contributed by atoms with van der Waals surface area (Å²) in [5, 5.41) is 1.26. The average molecular weight is 174 g/mol. The predicted octanol–water partition coefficient (Wildman–Crippen LogP) is 2.20. The molecule has 0 radical (unpaired) electrons. The van der Waals surface area contributed by atoms with Gasteiger partial charge in [0.15, 0.2) is 0 Å². The van der Waals surface area contributed by atoms with Gasteiger partial charge in [0.25, 0.3) is 0 Å². The lowest BCUT2D eigenvalue weighted by Crippen LogP contribution is -2.04. The molecule has 0 saturated carbocycles. The lowest BCUT2D eigenvalue weighted by atomic mass is 10.1. The van der Waals surface area contributed by atoms with Crippen molar-refractivity contribution in [3.05, 3.63) is 36.0 Å². The van der Waals surface area contributed by atoms with Crippen LogP contribution in [0.15, 0.2) is 30.5 Å². The Balaban J connectivity index is 2.63. The first kappa shape index (κ1) is 8.32. The molecule has 68 valence electrons. The van der Waals surface area contributed by atoms with Crippen LogP contribution in [0, 0.1) is 0 Å². The van der Waals surface area contributed by atoms with Crippen LogP contribution in [0.1, 0.15) is 18.5 Å². The molecule has 1 aromatic heterocycles. The molecule has 2 nitrogen and oxygen atoms in total. The average Bonchev–Trinajstić information content (AvgIpc) is 2.47. The zero-order chi connectivity index (χ0) is 9.42. The summed E-state index contributed by atoms with van der Waals surface area (Å²) < 4.78 is 2.11. The molecule has 0 bridgehead atoms. The molecule has 2 N–H and O–H groups in total. The summed E-state index contributed by atoms with van der Waals surface area (Å²) in [6.07, 6.45) is 2.07. The Morgan fingerprint density at radius 1 is 1.31 bits per heavy atom. The monoisotopic (exact) mass is 174 g/mol. The maximum atomic E-state index is 5.80. The minimum Gasteiger partial charge on any atom is -0.351 e. The minimum atomic E-state index is 0.115. The molecule has 0 saturated heterocycles. The molecule has 1 aromatic carbocycles. The number of aromatic nitrogens is 1. The molecule has 0 aliphatic rings. The van der Waals surface area contributed by atoms with E-state index >= 15 is 0 Å². The second kappa shape index (κ2) is 2.89. The molecule has 2 aromatic rings. The van der Waals surface area contributed by atoms with E-state index < -0.39 is 0 Å². The van der Waals surface area contributed by atoms with Crippen molar-refractivity contribution in [2.75, 3.05) is 0 Å². The van der Waals surface area contributed by atoms with Crippen molar-refractivity contribution < 1.29 is 0 Å². The van der Waals surface area contributed by atoms with E-state index in [4.69, 9.17) is 5.73 Å². The van der Waals surface area contributed by atoms with Gasteiger partial charge < -0.3 is 10.3 Å². The summed E-state index contributed by atoms with van der Waals surface area (Å²) in [4.78, 5) is 0. The molecule has 0 aliphatic carbocycles. The highest BCUT2D eigenvalue weighted by molar-refractivity contribution is 5.80. The third-order valence-corrected chi connectivity index (χ3v) is 2.44. The third-order valence-electron chi connectivity index (χ3n) is 2.44. The highest BCUT2D eigenvalue weighted by atomic mass is 14.9. The SMILES string of the molecule is CC(N)c1ccc2c(ccn2C)c1. The Hall–Kier alpha value is -1.28. The van der Waals surface area contributed by atoms with Crippen molar-refractivity contribution in [1.29, 1.82) is 0 Å². The van der Waals surface area contributed by atoms with Crippen LogP contribution >= 0.6 is 0 Å². The van der Waals surface area contributed by atoms with Gasteiger partial charge in [-0.1, -0.05) is 6.07 Å². The van der Waals surface area contributed by atoms with E-state index in [2.05, 4.69) is 35.0 Å². The normalized spacial score (nSPS) is 13.5. The van der Waals surface area contributed by atoms with Crippen molar-refractivity contribution in [1.82, 2.24) is 4.57 Å². The topological polar surface area (TPSA) is 30.9 Å². The van der Waals surface area contributed by atoms with Crippen LogP contribution in [-0.4, -0.2) is 4.57 Å². The van der Waals surface area contributed by atoms with Gasteiger partial charge in [-0.05, 0) is 36.1 Å². The van der Waals surface area contributed by atoms with Gasteiger partial charge in [-0.2, -0.15) is 0 Å². The number of fused-ring (bicyclic) bond motifs is 1. The highest BCUT2D eigenvalue weighted by Crippen LogP contribution is 2.19. The van der Waals surface area contributed by atoms with Gasteiger partial charge in [0.2, 0.25) is 0 Å². The quantitative estimate of drug-likeness (QED) is 0.706. The molecule has 2 rings (SSSR count). The van der Waals surface area contributed by atoms with Crippen LogP contribution in [0.4, 0.5) is 0 Å².